The summed E-state index contributed by atoms with van der Waals surface area (Å²) < 4.78 is 0. The van der Waals surface area contributed by atoms with Gasteiger partial charge in [0.05, 0.1) is 0 Å². The molecule has 1 aromatic carbocycles. The number of hydrogen-bond donors (Lipinski definition) is 0. The summed E-state index contributed by atoms with van der Waals surface area (Å²) in [5, 5.41) is 0. The molecule has 1 saturated carbocycles. The Morgan fingerprint density at radius 2 is 1.60 bits per heavy atom. The van der Waals surface area contributed by atoms with Crippen LogP contribution in [-0.4, -0.2) is 13.1 Å². The maximum Gasteiger partial charge on any atom is 0.0366 e. The second kappa shape index (κ2) is 4.69. The molecular formula is C14H20N. The number of benzene rings is 1. The van der Waals surface area contributed by atoms with Crippen molar-refractivity contribution < 1.29 is 0 Å². The van der Waals surface area contributed by atoms with Crippen LogP contribution in [0.25, 0.3) is 0 Å². The highest BCUT2D eigenvalue weighted by atomic mass is 15.1. The first kappa shape index (κ1) is 10.5. The zero-order valence-corrected chi connectivity index (χ0v) is 9.79. The number of hydrogen-bond acceptors (Lipinski definition) is 1. The van der Waals surface area contributed by atoms with Gasteiger partial charge in [-0.25, -0.2) is 0 Å². The Labute approximate surface area is 93.1 Å². The van der Waals surface area contributed by atoms with Gasteiger partial charge in [-0.2, -0.15) is 0 Å². The fraction of sp³-hybridized carbons (Fsp3) is 0.500. The van der Waals surface area contributed by atoms with E-state index < -0.39 is 0 Å². The van der Waals surface area contributed by atoms with Crippen molar-refractivity contribution in [3.8, 4) is 0 Å². The standard InChI is InChI=1S/C14H20N/c1-3-15(4-2)14-10-8-13(9-11-14)12-6-5-7-12/h8-11H,3-7H2,1-2H3. The Balaban J connectivity index is 2.08. The van der Waals surface area contributed by atoms with Gasteiger partial charge in [-0.1, -0.05) is 18.6 Å². The van der Waals surface area contributed by atoms with Crippen LogP contribution in [-0.2, 0) is 0 Å². The first-order chi connectivity index (χ1) is 7.35. The molecule has 15 heavy (non-hydrogen) atoms. The first-order valence-corrected chi connectivity index (χ1v) is 6.05. The Morgan fingerprint density at radius 1 is 1.00 bits per heavy atom. The molecule has 0 saturated heterocycles. The Bertz CT molecular complexity index is 294. The molecule has 0 bridgehead atoms. The van der Waals surface area contributed by atoms with Gasteiger partial charge < -0.3 is 4.90 Å². The summed E-state index contributed by atoms with van der Waals surface area (Å²) in [7, 11) is 0. The van der Waals surface area contributed by atoms with E-state index in [4.69, 9.17) is 0 Å². The molecule has 1 fully saturated rings. The summed E-state index contributed by atoms with van der Waals surface area (Å²) in [5.41, 5.74) is 2.81. The zero-order chi connectivity index (χ0) is 10.7. The molecule has 1 aliphatic carbocycles. The van der Waals surface area contributed by atoms with Gasteiger partial charge in [0.15, 0.2) is 0 Å². The lowest BCUT2D eigenvalue weighted by molar-refractivity contribution is 0.577. The van der Waals surface area contributed by atoms with Crippen molar-refractivity contribution in [1.29, 1.82) is 0 Å². The largest absolute Gasteiger partial charge is 0.372 e. The molecule has 1 nitrogen and oxygen atoms in total. The van der Waals surface area contributed by atoms with Crippen LogP contribution >= 0.6 is 0 Å². The van der Waals surface area contributed by atoms with Crippen molar-refractivity contribution >= 4 is 5.69 Å². The number of anilines is 1. The van der Waals surface area contributed by atoms with E-state index in [2.05, 4.69) is 43.0 Å². The van der Waals surface area contributed by atoms with E-state index in [1.165, 1.54) is 30.5 Å². The van der Waals surface area contributed by atoms with E-state index in [0.29, 0.717) is 0 Å². The molecule has 0 heterocycles. The molecule has 1 radical (unpaired) electrons. The predicted molar refractivity (Wildman–Crippen MR) is 66.2 cm³/mol. The lowest BCUT2D eigenvalue weighted by atomic mass is 9.80. The molecule has 0 amide bonds. The summed E-state index contributed by atoms with van der Waals surface area (Å²) >= 11 is 0. The fourth-order valence-corrected chi connectivity index (χ4v) is 2.14. The Hall–Kier alpha value is -0.980. The number of rotatable bonds is 4. The van der Waals surface area contributed by atoms with E-state index in [1.54, 1.807) is 5.92 Å². The van der Waals surface area contributed by atoms with Gasteiger partial charge in [0.1, 0.15) is 0 Å². The van der Waals surface area contributed by atoms with Gasteiger partial charge in [0, 0.05) is 24.7 Å². The third kappa shape index (κ3) is 2.17. The summed E-state index contributed by atoms with van der Waals surface area (Å²) in [5.74, 6) is 1.64. The van der Waals surface area contributed by atoms with Crippen LogP contribution in [0.3, 0.4) is 0 Å². The van der Waals surface area contributed by atoms with Crippen LogP contribution in [0.1, 0.15) is 38.7 Å². The average Bonchev–Trinajstić information content (AvgIpc) is 2.20. The van der Waals surface area contributed by atoms with Crippen LogP contribution in [0, 0.1) is 5.92 Å². The molecule has 0 aliphatic heterocycles. The van der Waals surface area contributed by atoms with E-state index in [-0.39, 0.29) is 0 Å². The molecule has 0 unspecified atom stereocenters. The van der Waals surface area contributed by atoms with Crippen LogP contribution in [0.2, 0.25) is 0 Å². The molecule has 0 N–H and O–H groups in total. The highest BCUT2D eigenvalue weighted by Gasteiger charge is 2.19. The number of nitrogens with zero attached hydrogens (tertiary/aromatic N) is 1. The quantitative estimate of drug-likeness (QED) is 0.720. The highest BCUT2D eigenvalue weighted by molar-refractivity contribution is 5.50. The third-order valence-electron chi connectivity index (χ3n) is 3.36. The van der Waals surface area contributed by atoms with Gasteiger partial charge >= 0.3 is 0 Å². The lowest BCUT2D eigenvalue weighted by Gasteiger charge is -2.26. The molecule has 0 aromatic heterocycles. The van der Waals surface area contributed by atoms with Crippen molar-refractivity contribution in [2.75, 3.05) is 18.0 Å². The van der Waals surface area contributed by atoms with Crippen LogP contribution in [0.4, 0.5) is 5.69 Å². The van der Waals surface area contributed by atoms with Crippen molar-refractivity contribution in [2.24, 2.45) is 0 Å². The molecule has 2 rings (SSSR count). The van der Waals surface area contributed by atoms with Crippen molar-refractivity contribution in [3.05, 3.63) is 35.7 Å². The van der Waals surface area contributed by atoms with Gasteiger partial charge in [0.2, 0.25) is 0 Å². The van der Waals surface area contributed by atoms with E-state index in [0.717, 1.165) is 13.1 Å². The van der Waals surface area contributed by atoms with Gasteiger partial charge in [-0.3, -0.25) is 0 Å². The normalized spacial score (nSPS) is 16.1. The summed E-state index contributed by atoms with van der Waals surface area (Å²) in [6.45, 7) is 6.59. The minimum atomic E-state index is 1.09. The predicted octanol–water partition coefficient (Wildman–Crippen LogP) is 3.64. The van der Waals surface area contributed by atoms with Gasteiger partial charge in [0.25, 0.3) is 0 Å². The van der Waals surface area contributed by atoms with E-state index >= 15 is 0 Å². The summed E-state index contributed by atoms with van der Waals surface area (Å²) in [6, 6.07) is 9.07. The second-order valence-corrected chi connectivity index (χ2v) is 4.18. The second-order valence-electron chi connectivity index (χ2n) is 4.18. The molecular weight excluding hydrogens is 182 g/mol. The SMILES string of the molecule is CCN(CC)c1ccc([C]2CCC2)cc1. The van der Waals surface area contributed by atoms with Gasteiger partial charge in [-0.15, -0.1) is 0 Å². The maximum absolute atomic E-state index is 2.38. The molecule has 81 valence electrons. The third-order valence-corrected chi connectivity index (χ3v) is 3.36. The molecule has 0 atom stereocenters. The van der Waals surface area contributed by atoms with Crippen molar-refractivity contribution in [2.45, 2.75) is 33.1 Å². The maximum atomic E-state index is 2.38. The van der Waals surface area contributed by atoms with Crippen LogP contribution in [0.5, 0.6) is 0 Å². The minimum absolute atomic E-state index is 1.09. The molecule has 0 spiro atoms. The fourth-order valence-electron chi connectivity index (χ4n) is 2.14. The lowest BCUT2D eigenvalue weighted by Crippen LogP contribution is -2.21. The van der Waals surface area contributed by atoms with Crippen LogP contribution < -0.4 is 4.90 Å². The van der Waals surface area contributed by atoms with E-state index in [9.17, 15) is 0 Å². The zero-order valence-electron chi connectivity index (χ0n) is 9.79. The molecule has 1 heteroatoms. The van der Waals surface area contributed by atoms with Crippen molar-refractivity contribution in [1.82, 2.24) is 0 Å². The monoisotopic (exact) mass is 202 g/mol. The minimum Gasteiger partial charge on any atom is -0.372 e. The summed E-state index contributed by atoms with van der Waals surface area (Å²) in [6.07, 6.45) is 4.00. The smallest absolute Gasteiger partial charge is 0.0366 e. The topological polar surface area (TPSA) is 3.24 Å². The average molecular weight is 202 g/mol. The van der Waals surface area contributed by atoms with E-state index in [1.807, 2.05) is 0 Å². The molecule has 1 aliphatic rings. The highest BCUT2D eigenvalue weighted by Crippen LogP contribution is 2.35. The van der Waals surface area contributed by atoms with Gasteiger partial charge in [-0.05, 0) is 44.4 Å². The first-order valence-electron chi connectivity index (χ1n) is 6.05. The Morgan fingerprint density at radius 3 is 2.00 bits per heavy atom. The van der Waals surface area contributed by atoms with Crippen LogP contribution in [0.15, 0.2) is 24.3 Å². The molecule has 1 aromatic rings. The Kier molecular flexibility index (Phi) is 3.30. The summed E-state index contributed by atoms with van der Waals surface area (Å²) in [4.78, 5) is 2.38. The van der Waals surface area contributed by atoms with Crippen molar-refractivity contribution in [3.63, 3.8) is 0 Å².